The van der Waals surface area contributed by atoms with Gasteiger partial charge in [0.25, 0.3) is 11.5 Å². The Balaban J connectivity index is 1.68. The zero-order chi connectivity index (χ0) is 23.5. The first-order valence-corrected chi connectivity index (χ1v) is 11.4. The van der Waals surface area contributed by atoms with E-state index in [1.165, 1.54) is 0 Å². The maximum absolute atomic E-state index is 13.7. The van der Waals surface area contributed by atoms with Crippen LogP contribution >= 0.6 is 11.6 Å². The summed E-state index contributed by atoms with van der Waals surface area (Å²) in [5.41, 5.74) is 3.19. The number of carbonyl (C=O) groups is 2. The largest absolute Gasteiger partial charge is 0.447 e. The summed E-state index contributed by atoms with van der Waals surface area (Å²) >= 11 is 6.50. The minimum atomic E-state index is -1.63. The molecule has 1 amide bonds. The van der Waals surface area contributed by atoms with Gasteiger partial charge >= 0.3 is 5.97 Å². The predicted octanol–water partition coefficient (Wildman–Crippen LogP) is 2.90. The lowest BCUT2D eigenvalue weighted by molar-refractivity contribution is -0.179. The number of esters is 1. The summed E-state index contributed by atoms with van der Waals surface area (Å²) in [4.78, 5) is 38.9. The van der Waals surface area contributed by atoms with Gasteiger partial charge in [0.05, 0.1) is 10.5 Å². The van der Waals surface area contributed by atoms with E-state index in [4.69, 9.17) is 26.6 Å². The Bertz CT molecular complexity index is 1360. The number of nitrogens with zero attached hydrogens (tertiary/aromatic N) is 2. The molecule has 2 saturated carbocycles. The second kappa shape index (κ2) is 7.56. The van der Waals surface area contributed by atoms with Crippen LogP contribution in [0.15, 0.2) is 27.5 Å². The number of benzene rings is 1. The van der Waals surface area contributed by atoms with Gasteiger partial charge in [-0.25, -0.2) is 4.79 Å². The van der Waals surface area contributed by atoms with E-state index in [1.54, 1.807) is 29.7 Å². The van der Waals surface area contributed by atoms with E-state index < -0.39 is 29.1 Å². The summed E-state index contributed by atoms with van der Waals surface area (Å²) in [6, 6.07) is 4.71. The zero-order valence-corrected chi connectivity index (χ0v) is 18.9. The molecule has 9 nitrogen and oxygen atoms in total. The van der Waals surface area contributed by atoms with E-state index >= 15 is 0 Å². The summed E-state index contributed by atoms with van der Waals surface area (Å²) < 4.78 is 12.5. The number of primary amides is 1. The molecule has 1 aromatic carbocycles. The Labute approximate surface area is 193 Å². The summed E-state index contributed by atoms with van der Waals surface area (Å²) in [5, 5.41) is 15.6. The van der Waals surface area contributed by atoms with Gasteiger partial charge in [-0.3, -0.25) is 9.59 Å². The summed E-state index contributed by atoms with van der Waals surface area (Å²) in [5.74, 6) is -1.26. The molecule has 2 aliphatic carbocycles. The standard InChI is InChI=1S/C23H24ClN3O6/c1-12-16-18(26-33-12)17-14(24)6-4-7-15(17)27(19(16)28)13-5-2-3-8-23(11-13,20(25)29)32-21(30)22(31)9-10-22/h4,6-7,13,31H,2-3,5,8-11H2,1H3,(H2,25,29). The first-order chi connectivity index (χ1) is 15.7. The first kappa shape index (κ1) is 21.9. The number of halogens is 1. The molecule has 0 radical (unpaired) electrons. The maximum atomic E-state index is 13.7. The van der Waals surface area contributed by atoms with Crippen molar-refractivity contribution in [2.24, 2.45) is 5.73 Å². The van der Waals surface area contributed by atoms with E-state index in [2.05, 4.69) is 5.16 Å². The molecule has 174 valence electrons. The third-order valence-corrected chi connectivity index (χ3v) is 7.24. The highest BCUT2D eigenvalue weighted by atomic mass is 35.5. The average Bonchev–Trinajstić information content (AvgIpc) is 3.46. The van der Waals surface area contributed by atoms with Gasteiger partial charge in [-0.05, 0) is 51.2 Å². The van der Waals surface area contributed by atoms with Crippen LogP contribution in [-0.4, -0.2) is 37.9 Å². The van der Waals surface area contributed by atoms with Gasteiger partial charge in [0.1, 0.15) is 16.7 Å². The fraction of sp³-hybridized carbons (Fsp3) is 0.478. The van der Waals surface area contributed by atoms with E-state index in [0.29, 0.717) is 51.9 Å². The van der Waals surface area contributed by atoms with Gasteiger partial charge in [0.2, 0.25) is 0 Å². The third kappa shape index (κ3) is 3.41. The lowest BCUT2D eigenvalue weighted by Crippen LogP contribution is -2.51. The van der Waals surface area contributed by atoms with Crippen molar-refractivity contribution < 1.29 is 24.0 Å². The highest BCUT2D eigenvalue weighted by Gasteiger charge is 2.54. The Morgan fingerprint density at radius 1 is 1.27 bits per heavy atom. The monoisotopic (exact) mass is 473 g/mol. The molecule has 3 aromatic rings. The van der Waals surface area contributed by atoms with Gasteiger partial charge in [-0.2, -0.15) is 0 Å². The fourth-order valence-electron chi connectivity index (χ4n) is 4.89. The zero-order valence-electron chi connectivity index (χ0n) is 18.1. The van der Waals surface area contributed by atoms with Crippen LogP contribution in [-0.2, 0) is 14.3 Å². The number of hydrogen-bond acceptors (Lipinski definition) is 7. The predicted molar refractivity (Wildman–Crippen MR) is 120 cm³/mol. The first-order valence-electron chi connectivity index (χ1n) is 11.0. The molecule has 2 atom stereocenters. The summed E-state index contributed by atoms with van der Waals surface area (Å²) in [6.07, 6.45) is 2.65. The van der Waals surface area contributed by atoms with Crippen molar-refractivity contribution in [2.45, 2.75) is 69.1 Å². The number of hydrogen-bond donors (Lipinski definition) is 2. The number of aliphatic hydroxyl groups is 1. The molecule has 0 bridgehead atoms. The molecular weight excluding hydrogens is 450 g/mol. The average molecular weight is 474 g/mol. The Morgan fingerprint density at radius 2 is 2.03 bits per heavy atom. The van der Waals surface area contributed by atoms with E-state index in [9.17, 15) is 19.5 Å². The minimum Gasteiger partial charge on any atom is -0.447 e. The van der Waals surface area contributed by atoms with Crippen LogP contribution in [0.5, 0.6) is 0 Å². The van der Waals surface area contributed by atoms with Crippen LogP contribution in [0.4, 0.5) is 0 Å². The maximum Gasteiger partial charge on any atom is 0.339 e. The molecule has 33 heavy (non-hydrogen) atoms. The van der Waals surface area contributed by atoms with Crippen LogP contribution in [0.3, 0.4) is 0 Å². The number of amides is 1. The number of carbonyl (C=O) groups excluding carboxylic acids is 2. The van der Waals surface area contributed by atoms with Crippen molar-refractivity contribution in [1.82, 2.24) is 9.72 Å². The molecule has 2 aliphatic rings. The summed E-state index contributed by atoms with van der Waals surface area (Å²) in [6.45, 7) is 1.66. The topological polar surface area (TPSA) is 138 Å². The molecule has 5 rings (SSSR count). The van der Waals surface area contributed by atoms with Crippen molar-refractivity contribution in [3.05, 3.63) is 39.3 Å². The number of aryl methyl sites for hydroxylation is 1. The van der Waals surface area contributed by atoms with Crippen molar-refractivity contribution in [1.29, 1.82) is 0 Å². The van der Waals surface area contributed by atoms with Crippen molar-refractivity contribution >= 4 is 45.3 Å². The van der Waals surface area contributed by atoms with Gasteiger partial charge in [0, 0.05) is 17.8 Å². The number of pyridine rings is 1. The smallest absolute Gasteiger partial charge is 0.339 e. The van der Waals surface area contributed by atoms with Gasteiger partial charge < -0.3 is 24.7 Å². The highest BCUT2D eigenvalue weighted by Crippen LogP contribution is 2.42. The number of fused-ring (bicyclic) bond motifs is 3. The molecule has 2 unspecified atom stereocenters. The lowest BCUT2D eigenvalue weighted by atomic mass is 9.90. The third-order valence-electron chi connectivity index (χ3n) is 6.92. The van der Waals surface area contributed by atoms with Gasteiger partial charge in [-0.1, -0.05) is 29.2 Å². The van der Waals surface area contributed by atoms with E-state index in [1.807, 2.05) is 0 Å². The second-order valence-corrected chi connectivity index (χ2v) is 9.56. The molecule has 10 heteroatoms. The van der Waals surface area contributed by atoms with Crippen molar-refractivity contribution in [2.75, 3.05) is 0 Å². The van der Waals surface area contributed by atoms with Gasteiger partial charge in [0.15, 0.2) is 11.2 Å². The quantitative estimate of drug-likeness (QED) is 0.438. The normalized spacial score (nSPS) is 24.5. The van der Waals surface area contributed by atoms with Crippen LogP contribution in [0.25, 0.3) is 21.8 Å². The molecule has 2 fully saturated rings. The minimum absolute atomic E-state index is 0.0154. The second-order valence-electron chi connectivity index (χ2n) is 9.15. The molecule has 0 spiro atoms. The molecule has 2 heterocycles. The van der Waals surface area contributed by atoms with Crippen molar-refractivity contribution in [3.8, 4) is 0 Å². The highest BCUT2D eigenvalue weighted by molar-refractivity contribution is 6.37. The van der Waals surface area contributed by atoms with Crippen LogP contribution in [0.1, 0.15) is 56.7 Å². The van der Waals surface area contributed by atoms with Gasteiger partial charge in [-0.15, -0.1) is 0 Å². The Morgan fingerprint density at radius 3 is 2.73 bits per heavy atom. The molecular formula is C23H24ClN3O6. The Hall–Kier alpha value is -2.91. The van der Waals surface area contributed by atoms with Crippen molar-refractivity contribution in [3.63, 3.8) is 0 Å². The molecule has 0 aliphatic heterocycles. The lowest BCUT2D eigenvalue weighted by Gasteiger charge is -2.33. The van der Waals surface area contributed by atoms with Crippen LogP contribution in [0, 0.1) is 6.92 Å². The number of aromatic nitrogens is 2. The number of ether oxygens (including phenoxy) is 1. The number of nitrogens with two attached hydrogens (primary N) is 1. The number of rotatable bonds is 4. The molecule has 2 aromatic heterocycles. The SMILES string of the molecule is Cc1onc2c1c(=O)n(C1CCCCC(OC(=O)C3(O)CC3)(C(N)=O)C1)c1cccc(Cl)c21. The Kier molecular flexibility index (Phi) is 5.02. The molecule has 0 saturated heterocycles. The molecule has 3 N–H and O–H groups in total. The van der Waals surface area contributed by atoms with E-state index in [0.717, 1.165) is 0 Å². The summed E-state index contributed by atoms with van der Waals surface area (Å²) in [7, 11) is 0. The fourth-order valence-corrected chi connectivity index (χ4v) is 5.15. The van der Waals surface area contributed by atoms with Crippen LogP contribution in [0.2, 0.25) is 5.02 Å². The van der Waals surface area contributed by atoms with E-state index in [-0.39, 0.29) is 31.2 Å². The van der Waals surface area contributed by atoms with Crippen LogP contribution < -0.4 is 11.3 Å².